The molecule has 0 amide bonds. The van der Waals surface area contributed by atoms with Gasteiger partial charge in [-0.3, -0.25) is 0 Å². The summed E-state index contributed by atoms with van der Waals surface area (Å²) in [5.41, 5.74) is 0.748. The molecule has 4 aromatic rings. The topological polar surface area (TPSA) is 64.0 Å². The van der Waals surface area contributed by atoms with Crippen LogP contribution in [0, 0.1) is 0 Å². The quantitative estimate of drug-likeness (QED) is 0.486. The third-order valence-electron chi connectivity index (χ3n) is 4.97. The number of alkyl halides is 3. The Morgan fingerprint density at radius 3 is 2.19 bits per heavy atom. The van der Waals surface area contributed by atoms with Gasteiger partial charge in [0.2, 0.25) is 10.0 Å². The molecule has 4 rings (SSSR count). The SMILES string of the molecule is Cn1c(C(NS(=O)(=O)c2ccccc2C(F)(F)F)c2ccccc2)nc2ccccc21. The number of fused-ring (bicyclic) bond motifs is 1. The van der Waals surface area contributed by atoms with Gasteiger partial charge in [-0.1, -0.05) is 54.6 Å². The molecule has 0 bridgehead atoms. The molecule has 1 atom stereocenters. The van der Waals surface area contributed by atoms with E-state index in [0.29, 0.717) is 16.9 Å². The number of sulfonamides is 1. The normalized spacial score (nSPS) is 13.4. The van der Waals surface area contributed by atoms with Crippen molar-refractivity contribution in [1.29, 1.82) is 0 Å². The zero-order valence-electron chi connectivity index (χ0n) is 16.3. The van der Waals surface area contributed by atoms with Crippen LogP contribution < -0.4 is 4.72 Å². The van der Waals surface area contributed by atoms with Crippen molar-refractivity contribution in [1.82, 2.24) is 14.3 Å². The molecule has 31 heavy (non-hydrogen) atoms. The first kappa shape index (κ1) is 21.1. The molecule has 1 heterocycles. The highest BCUT2D eigenvalue weighted by atomic mass is 32.2. The van der Waals surface area contributed by atoms with E-state index in [2.05, 4.69) is 9.71 Å². The second-order valence-electron chi connectivity index (χ2n) is 6.98. The van der Waals surface area contributed by atoms with Crippen LogP contribution >= 0.6 is 0 Å². The first-order valence-corrected chi connectivity index (χ1v) is 10.8. The maximum absolute atomic E-state index is 13.5. The summed E-state index contributed by atoms with van der Waals surface area (Å²) in [5, 5.41) is 0. The lowest BCUT2D eigenvalue weighted by Crippen LogP contribution is -2.32. The van der Waals surface area contributed by atoms with E-state index in [1.54, 1.807) is 54.1 Å². The number of aryl methyl sites for hydroxylation is 1. The smallest absolute Gasteiger partial charge is 0.329 e. The lowest BCUT2D eigenvalue weighted by Gasteiger charge is -2.21. The summed E-state index contributed by atoms with van der Waals surface area (Å²) in [5.74, 6) is 0.362. The molecule has 0 saturated heterocycles. The van der Waals surface area contributed by atoms with Gasteiger partial charge in [0.05, 0.1) is 21.5 Å². The van der Waals surface area contributed by atoms with E-state index in [1.807, 2.05) is 12.1 Å². The van der Waals surface area contributed by atoms with Crippen molar-refractivity contribution in [2.45, 2.75) is 17.1 Å². The molecule has 0 radical (unpaired) electrons. The molecule has 0 fully saturated rings. The molecule has 160 valence electrons. The zero-order chi connectivity index (χ0) is 22.2. The molecular weight excluding hydrogens is 427 g/mol. The van der Waals surface area contributed by atoms with Crippen LogP contribution in [0.3, 0.4) is 0 Å². The number of hydrogen-bond acceptors (Lipinski definition) is 3. The molecule has 0 saturated carbocycles. The van der Waals surface area contributed by atoms with Gasteiger partial charge in [0.15, 0.2) is 0 Å². The van der Waals surface area contributed by atoms with E-state index in [9.17, 15) is 21.6 Å². The molecule has 0 aliphatic rings. The fourth-order valence-electron chi connectivity index (χ4n) is 3.49. The number of imidazole rings is 1. The fraction of sp³-hybridized carbons (Fsp3) is 0.136. The summed E-state index contributed by atoms with van der Waals surface area (Å²) >= 11 is 0. The van der Waals surface area contributed by atoms with Crippen molar-refractivity contribution in [3.63, 3.8) is 0 Å². The Morgan fingerprint density at radius 1 is 0.903 bits per heavy atom. The van der Waals surface area contributed by atoms with Crippen molar-refractivity contribution >= 4 is 21.1 Å². The van der Waals surface area contributed by atoms with Crippen molar-refractivity contribution in [2.24, 2.45) is 7.05 Å². The summed E-state index contributed by atoms with van der Waals surface area (Å²) in [7, 11) is -2.81. The first-order chi connectivity index (χ1) is 14.7. The molecule has 0 spiro atoms. The van der Waals surface area contributed by atoms with Gasteiger partial charge in [-0.05, 0) is 29.8 Å². The third kappa shape index (κ3) is 4.06. The number of aromatic nitrogens is 2. The number of hydrogen-bond donors (Lipinski definition) is 1. The molecule has 0 aliphatic carbocycles. The average Bonchev–Trinajstić information content (AvgIpc) is 3.09. The Kier molecular flexibility index (Phi) is 5.32. The molecule has 3 aromatic carbocycles. The highest BCUT2D eigenvalue weighted by Gasteiger charge is 2.38. The van der Waals surface area contributed by atoms with Gasteiger partial charge in [-0.15, -0.1) is 0 Å². The van der Waals surface area contributed by atoms with Crippen LogP contribution in [0.15, 0.2) is 83.8 Å². The van der Waals surface area contributed by atoms with Gasteiger partial charge in [-0.2, -0.15) is 17.9 Å². The molecule has 1 unspecified atom stereocenters. The van der Waals surface area contributed by atoms with Gasteiger partial charge >= 0.3 is 6.18 Å². The van der Waals surface area contributed by atoms with Crippen LogP contribution in [0.1, 0.15) is 23.0 Å². The third-order valence-corrected chi connectivity index (χ3v) is 6.45. The van der Waals surface area contributed by atoms with Crippen molar-refractivity contribution in [2.75, 3.05) is 0 Å². The van der Waals surface area contributed by atoms with E-state index in [4.69, 9.17) is 0 Å². The molecule has 9 heteroatoms. The predicted octanol–water partition coefficient (Wildman–Crippen LogP) is 4.66. The Morgan fingerprint density at radius 2 is 1.52 bits per heavy atom. The van der Waals surface area contributed by atoms with Crippen LogP contribution in [-0.4, -0.2) is 18.0 Å². The Hall–Kier alpha value is -3.17. The largest absolute Gasteiger partial charge is 0.417 e. The first-order valence-electron chi connectivity index (χ1n) is 9.33. The van der Waals surface area contributed by atoms with Gasteiger partial charge < -0.3 is 4.57 Å². The number of halogens is 3. The highest BCUT2D eigenvalue weighted by Crippen LogP contribution is 2.35. The summed E-state index contributed by atoms with van der Waals surface area (Å²) in [6.45, 7) is 0. The maximum Gasteiger partial charge on any atom is 0.417 e. The number of nitrogens with zero attached hydrogens (tertiary/aromatic N) is 2. The monoisotopic (exact) mass is 445 g/mol. The summed E-state index contributed by atoms with van der Waals surface area (Å²) in [6.07, 6.45) is -4.81. The molecule has 1 N–H and O–H groups in total. The maximum atomic E-state index is 13.5. The van der Waals surface area contributed by atoms with Gasteiger partial charge in [0, 0.05) is 7.05 Å². The Balaban J connectivity index is 1.86. The van der Waals surface area contributed by atoms with Gasteiger partial charge in [-0.25, -0.2) is 13.4 Å². The van der Waals surface area contributed by atoms with Gasteiger partial charge in [0.25, 0.3) is 0 Å². The minimum Gasteiger partial charge on any atom is -0.329 e. The molecule has 0 aliphatic heterocycles. The lowest BCUT2D eigenvalue weighted by atomic mass is 10.1. The molecule has 5 nitrogen and oxygen atoms in total. The van der Waals surface area contributed by atoms with Crippen LogP contribution in [0.2, 0.25) is 0 Å². The minimum absolute atomic E-state index is 0.362. The minimum atomic E-state index is -4.81. The molecule has 1 aromatic heterocycles. The van der Waals surface area contributed by atoms with Gasteiger partial charge in [0.1, 0.15) is 11.9 Å². The highest BCUT2D eigenvalue weighted by molar-refractivity contribution is 7.89. The number of benzene rings is 3. The summed E-state index contributed by atoms with van der Waals surface area (Å²) in [4.78, 5) is 3.72. The van der Waals surface area contributed by atoms with Crippen molar-refractivity contribution in [3.05, 3.63) is 95.8 Å². The zero-order valence-corrected chi connectivity index (χ0v) is 17.2. The van der Waals surface area contributed by atoms with E-state index >= 15 is 0 Å². The van der Waals surface area contributed by atoms with Crippen molar-refractivity contribution in [3.8, 4) is 0 Å². The van der Waals surface area contributed by atoms with Crippen LogP contribution in [-0.2, 0) is 23.2 Å². The lowest BCUT2D eigenvalue weighted by molar-refractivity contribution is -0.139. The molecular formula is C22H18F3N3O2S. The van der Waals surface area contributed by atoms with E-state index < -0.39 is 32.7 Å². The second kappa shape index (κ2) is 7.82. The number of nitrogens with one attached hydrogen (secondary N) is 1. The van der Waals surface area contributed by atoms with Crippen molar-refractivity contribution < 1.29 is 21.6 Å². The van der Waals surface area contributed by atoms with E-state index in [-0.39, 0.29) is 0 Å². The van der Waals surface area contributed by atoms with Crippen LogP contribution in [0.25, 0.3) is 11.0 Å². The number of rotatable bonds is 5. The summed E-state index contributed by atoms with van der Waals surface area (Å²) in [6, 6.07) is 19.0. The second-order valence-corrected chi connectivity index (χ2v) is 8.66. The van der Waals surface area contributed by atoms with Crippen LogP contribution in [0.5, 0.6) is 0 Å². The van der Waals surface area contributed by atoms with E-state index in [1.165, 1.54) is 6.07 Å². The Bertz CT molecular complexity index is 1330. The Labute approximate surface area is 177 Å². The van der Waals surface area contributed by atoms with Crippen LogP contribution in [0.4, 0.5) is 13.2 Å². The average molecular weight is 445 g/mol. The van der Waals surface area contributed by atoms with E-state index in [0.717, 1.165) is 23.7 Å². The predicted molar refractivity (Wildman–Crippen MR) is 111 cm³/mol. The standard InChI is InChI=1S/C22H18F3N3O2S/c1-28-18-13-7-6-12-17(18)26-21(28)20(15-9-3-2-4-10-15)27-31(29,30)19-14-8-5-11-16(19)22(23,24)25/h2-14,20,27H,1H3. The fourth-order valence-corrected chi connectivity index (χ4v) is 4.90. The number of para-hydroxylation sites is 2. The summed E-state index contributed by atoms with van der Waals surface area (Å²) < 4.78 is 70.8.